The van der Waals surface area contributed by atoms with Gasteiger partial charge in [-0.2, -0.15) is 0 Å². The Morgan fingerprint density at radius 1 is 1.22 bits per heavy atom. The first kappa shape index (κ1) is 15.9. The van der Waals surface area contributed by atoms with Crippen LogP contribution in [-0.2, 0) is 14.3 Å². The Morgan fingerprint density at radius 3 is 2.74 bits per heavy atom. The number of hydrogen-bond donors (Lipinski definition) is 0. The molecule has 0 aliphatic carbocycles. The van der Waals surface area contributed by atoms with Crippen molar-refractivity contribution in [2.24, 2.45) is 0 Å². The number of carbonyl (C=O) groups excluding carboxylic acids is 2. The van der Waals surface area contributed by atoms with Crippen LogP contribution in [0.4, 0.5) is 0 Å². The molecule has 0 aromatic carbocycles. The van der Waals surface area contributed by atoms with Crippen molar-refractivity contribution in [1.29, 1.82) is 0 Å². The van der Waals surface area contributed by atoms with Gasteiger partial charge in [0.25, 0.3) is 5.91 Å². The molecule has 2 aliphatic heterocycles. The van der Waals surface area contributed by atoms with E-state index in [1.165, 1.54) is 0 Å². The summed E-state index contributed by atoms with van der Waals surface area (Å²) in [6, 6.07) is 3.50. The Kier molecular flexibility index (Phi) is 4.58. The third-order valence-electron chi connectivity index (χ3n) is 4.24. The van der Waals surface area contributed by atoms with E-state index in [4.69, 9.17) is 9.47 Å². The van der Waals surface area contributed by atoms with Crippen molar-refractivity contribution < 1.29 is 19.1 Å². The van der Waals surface area contributed by atoms with Gasteiger partial charge in [0, 0.05) is 32.4 Å². The fourth-order valence-electron chi connectivity index (χ4n) is 3.05. The minimum atomic E-state index is -0.654. The van der Waals surface area contributed by atoms with Gasteiger partial charge < -0.3 is 19.3 Å². The zero-order valence-corrected chi connectivity index (χ0v) is 13.2. The molecule has 1 aromatic heterocycles. The molecule has 2 aliphatic rings. The van der Waals surface area contributed by atoms with Gasteiger partial charge in [-0.25, -0.2) is 0 Å². The van der Waals surface area contributed by atoms with Crippen molar-refractivity contribution in [2.45, 2.75) is 12.5 Å². The second-order valence-corrected chi connectivity index (χ2v) is 5.99. The van der Waals surface area contributed by atoms with Crippen LogP contribution in [-0.4, -0.2) is 78.2 Å². The fourth-order valence-corrected chi connectivity index (χ4v) is 3.05. The highest BCUT2D eigenvalue weighted by Gasteiger charge is 2.42. The summed E-state index contributed by atoms with van der Waals surface area (Å²) in [5, 5.41) is 0. The van der Waals surface area contributed by atoms with Crippen LogP contribution in [0.15, 0.2) is 24.5 Å². The largest absolute Gasteiger partial charge is 0.376 e. The highest BCUT2D eigenvalue weighted by molar-refractivity contribution is 5.94. The first-order valence-electron chi connectivity index (χ1n) is 7.76. The van der Waals surface area contributed by atoms with Gasteiger partial charge in [-0.3, -0.25) is 14.6 Å². The first-order valence-corrected chi connectivity index (χ1v) is 7.76. The van der Waals surface area contributed by atoms with Crippen LogP contribution in [0.5, 0.6) is 0 Å². The predicted octanol–water partition coefficient (Wildman–Crippen LogP) is 0.172. The molecule has 3 heterocycles. The summed E-state index contributed by atoms with van der Waals surface area (Å²) in [7, 11) is 0. The van der Waals surface area contributed by atoms with Crippen molar-refractivity contribution in [3.05, 3.63) is 30.1 Å². The average molecular weight is 319 g/mol. The van der Waals surface area contributed by atoms with E-state index in [1.54, 1.807) is 41.2 Å². The number of carbonyl (C=O) groups is 2. The zero-order valence-electron chi connectivity index (χ0n) is 13.2. The van der Waals surface area contributed by atoms with E-state index in [-0.39, 0.29) is 11.8 Å². The molecular formula is C16H21N3O4. The highest BCUT2D eigenvalue weighted by Crippen LogP contribution is 2.23. The molecule has 7 heteroatoms. The molecule has 2 saturated heterocycles. The lowest BCUT2D eigenvalue weighted by molar-refractivity contribution is -0.145. The Morgan fingerprint density at radius 2 is 2.00 bits per heavy atom. The average Bonchev–Trinajstić information content (AvgIpc) is 2.78. The molecule has 0 saturated carbocycles. The van der Waals surface area contributed by atoms with Crippen LogP contribution in [0.1, 0.15) is 17.3 Å². The van der Waals surface area contributed by atoms with E-state index in [2.05, 4.69) is 4.98 Å². The lowest BCUT2D eigenvalue weighted by atomic mass is 10.0. The van der Waals surface area contributed by atoms with Crippen molar-refractivity contribution in [3.63, 3.8) is 0 Å². The van der Waals surface area contributed by atoms with Crippen molar-refractivity contribution in [2.75, 3.05) is 46.0 Å². The molecule has 7 nitrogen and oxygen atoms in total. The second kappa shape index (κ2) is 6.64. The lowest BCUT2D eigenvalue weighted by Gasteiger charge is -2.43. The maximum absolute atomic E-state index is 12.6. The Bertz CT molecular complexity index is 580. The third kappa shape index (κ3) is 3.51. The van der Waals surface area contributed by atoms with E-state index in [9.17, 15) is 9.59 Å². The van der Waals surface area contributed by atoms with Crippen LogP contribution >= 0.6 is 0 Å². The van der Waals surface area contributed by atoms with Crippen LogP contribution in [0.2, 0.25) is 0 Å². The van der Waals surface area contributed by atoms with E-state index in [0.29, 0.717) is 51.6 Å². The first-order chi connectivity index (χ1) is 11.1. The van der Waals surface area contributed by atoms with Crippen LogP contribution < -0.4 is 0 Å². The molecule has 0 bridgehead atoms. The molecule has 0 N–H and O–H groups in total. The second-order valence-electron chi connectivity index (χ2n) is 5.99. The predicted molar refractivity (Wildman–Crippen MR) is 81.9 cm³/mol. The van der Waals surface area contributed by atoms with Gasteiger partial charge in [0.15, 0.2) is 0 Å². The summed E-state index contributed by atoms with van der Waals surface area (Å²) in [6.45, 7) is 4.77. The monoisotopic (exact) mass is 319 g/mol. The number of ether oxygens (including phenoxy) is 2. The molecule has 0 radical (unpaired) electrons. The van der Waals surface area contributed by atoms with E-state index in [0.717, 1.165) is 0 Å². The molecule has 1 unspecified atom stereocenters. The fraction of sp³-hybridized carbons (Fsp3) is 0.562. The van der Waals surface area contributed by atoms with Gasteiger partial charge in [0.05, 0.1) is 38.5 Å². The zero-order chi connectivity index (χ0) is 16.3. The minimum absolute atomic E-state index is 0.00538. The van der Waals surface area contributed by atoms with E-state index >= 15 is 0 Å². The standard InChI is InChI=1S/C16H21N3O4/c1-13(20)18-5-7-22-12-16(10-18)11-19(6-8-23-16)15(21)14-3-2-4-17-9-14/h2-4,9H,5-8,10-12H2,1H3. The maximum atomic E-state index is 12.6. The Labute approximate surface area is 135 Å². The van der Waals surface area contributed by atoms with Gasteiger partial charge in [-0.15, -0.1) is 0 Å². The summed E-state index contributed by atoms with van der Waals surface area (Å²) >= 11 is 0. The normalized spacial score (nSPS) is 25.3. The molecule has 1 atom stereocenters. The molecule has 2 amide bonds. The van der Waals surface area contributed by atoms with Crippen LogP contribution in [0, 0.1) is 0 Å². The van der Waals surface area contributed by atoms with Gasteiger partial charge in [-0.1, -0.05) is 0 Å². The van der Waals surface area contributed by atoms with Crippen LogP contribution in [0.25, 0.3) is 0 Å². The quantitative estimate of drug-likeness (QED) is 0.738. The molecule has 1 aromatic rings. The highest BCUT2D eigenvalue weighted by atomic mass is 16.5. The molecule has 124 valence electrons. The summed E-state index contributed by atoms with van der Waals surface area (Å²) in [5.74, 6) is -0.0754. The molecule has 3 rings (SSSR count). The van der Waals surface area contributed by atoms with Crippen molar-refractivity contribution in [3.8, 4) is 0 Å². The lowest BCUT2D eigenvalue weighted by Crippen LogP contribution is -2.60. The molecular weight excluding hydrogens is 298 g/mol. The van der Waals surface area contributed by atoms with Gasteiger partial charge in [0.2, 0.25) is 5.91 Å². The summed E-state index contributed by atoms with van der Waals surface area (Å²) in [4.78, 5) is 31.9. The molecule has 1 spiro atoms. The number of amides is 2. The smallest absolute Gasteiger partial charge is 0.255 e. The summed E-state index contributed by atoms with van der Waals surface area (Å²) in [6.07, 6.45) is 3.21. The Balaban J connectivity index is 1.76. The van der Waals surface area contributed by atoms with Crippen molar-refractivity contribution in [1.82, 2.24) is 14.8 Å². The maximum Gasteiger partial charge on any atom is 0.255 e. The van der Waals surface area contributed by atoms with E-state index < -0.39 is 5.60 Å². The summed E-state index contributed by atoms with van der Waals surface area (Å²) in [5.41, 5.74) is -0.0966. The number of nitrogens with zero attached hydrogens (tertiary/aromatic N) is 3. The number of hydrogen-bond acceptors (Lipinski definition) is 5. The van der Waals surface area contributed by atoms with Crippen LogP contribution in [0.3, 0.4) is 0 Å². The van der Waals surface area contributed by atoms with Gasteiger partial charge >= 0.3 is 0 Å². The summed E-state index contributed by atoms with van der Waals surface area (Å²) < 4.78 is 11.6. The minimum Gasteiger partial charge on any atom is -0.376 e. The topological polar surface area (TPSA) is 72.0 Å². The third-order valence-corrected chi connectivity index (χ3v) is 4.24. The van der Waals surface area contributed by atoms with E-state index in [1.807, 2.05) is 0 Å². The SMILES string of the molecule is CC(=O)N1CCOCC2(C1)CN(C(=O)c1cccnc1)CCO2. The number of morpholine rings is 1. The molecule has 2 fully saturated rings. The van der Waals surface area contributed by atoms with Gasteiger partial charge in [0.1, 0.15) is 5.60 Å². The number of rotatable bonds is 1. The van der Waals surface area contributed by atoms with Crippen molar-refractivity contribution >= 4 is 11.8 Å². The Hall–Kier alpha value is -1.99. The molecule has 23 heavy (non-hydrogen) atoms. The number of pyridine rings is 1. The van der Waals surface area contributed by atoms with Gasteiger partial charge in [-0.05, 0) is 12.1 Å². The number of aromatic nitrogens is 1.